The molecule has 56 valence electrons. The SMILES string of the molecule is O=C(CCl)Nc1[c]cc[c]c1. The first kappa shape index (κ1) is 8.08. The quantitative estimate of drug-likeness (QED) is 0.664. The Labute approximate surface area is 70.2 Å². The van der Waals surface area contributed by atoms with Crippen LogP contribution in [0.2, 0.25) is 0 Å². The molecule has 2 nitrogen and oxygen atoms in total. The predicted molar refractivity (Wildman–Crippen MR) is 43.5 cm³/mol. The second kappa shape index (κ2) is 3.98. The third-order valence-electron chi connectivity index (χ3n) is 1.04. The molecule has 1 aromatic carbocycles. The van der Waals surface area contributed by atoms with Crippen LogP contribution in [0.25, 0.3) is 0 Å². The topological polar surface area (TPSA) is 29.1 Å². The molecular weight excluding hydrogens is 162 g/mol. The summed E-state index contributed by atoms with van der Waals surface area (Å²) in [6.07, 6.45) is 0. The summed E-state index contributed by atoms with van der Waals surface area (Å²) in [7, 11) is 0. The Morgan fingerprint density at radius 2 is 2.45 bits per heavy atom. The molecule has 0 aromatic heterocycles. The van der Waals surface area contributed by atoms with Crippen molar-refractivity contribution in [2.24, 2.45) is 0 Å². The maximum absolute atomic E-state index is 10.7. The fraction of sp³-hybridized carbons (Fsp3) is 0.125. The minimum absolute atomic E-state index is 0.0390. The first-order chi connectivity index (χ1) is 5.33. The molecule has 0 spiro atoms. The zero-order valence-corrected chi connectivity index (χ0v) is 6.48. The lowest BCUT2D eigenvalue weighted by atomic mass is 10.3. The van der Waals surface area contributed by atoms with E-state index in [4.69, 9.17) is 11.6 Å². The summed E-state index contributed by atoms with van der Waals surface area (Å²) in [5, 5.41) is 2.53. The first-order valence-corrected chi connectivity index (χ1v) is 3.60. The molecule has 2 radical (unpaired) electrons. The van der Waals surface area contributed by atoms with Crippen molar-refractivity contribution in [2.45, 2.75) is 0 Å². The van der Waals surface area contributed by atoms with Crippen LogP contribution in [0.1, 0.15) is 0 Å². The van der Waals surface area contributed by atoms with Gasteiger partial charge < -0.3 is 5.32 Å². The summed E-state index contributed by atoms with van der Waals surface area (Å²) in [4.78, 5) is 10.7. The second-order valence-corrected chi connectivity index (χ2v) is 2.15. The highest BCUT2D eigenvalue weighted by molar-refractivity contribution is 6.29. The number of halogens is 1. The van der Waals surface area contributed by atoms with E-state index in [0.717, 1.165) is 0 Å². The molecule has 0 atom stereocenters. The van der Waals surface area contributed by atoms with Gasteiger partial charge >= 0.3 is 0 Å². The van der Waals surface area contributed by atoms with Gasteiger partial charge in [0.1, 0.15) is 5.88 Å². The van der Waals surface area contributed by atoms with Gasteiger partial charge in [-0.25, -0.2) is 0 Å². The Morgan fingerprint density at radius 3 is 3.00 bits per heavy atom. The Hall–Kier alpha value is -1.02. The minimum atomic E-state index is -0.234. The van der Waals surface area contributed by atoms with E-state index in [1.54, 1.807) is 18.2 Å². The fourth-order valence-electron chi connectivity index (χ4n) is 0.608. The monoisotopic (exact) mass is 167 g/mol. The number of rotatable bonds is 2. The number of anilines is 1. The molecule has 1 amide bonds. The van der Waals surface area contributed by atoms with Gasteiger partial charge in [0.05, 0.1) is 0 Å². The average Bonchev–Trinajstić information content (AvgIpc) is 2.06. The molecule has 0 saturated heterocycles. The molecule has 0 aliphatic carbocycles. The lowest BCUT2D eigenvalue weighted by Crippen LogP contribution is -2.12. The van der Waals surface area contributed by atoms with Crippen molar-refractivity contribution in [2.75, 3.05) is 11.2 Å². The second-order valence-electron chi connectivity index (χ2n) is 1.88. The molecule has 0 unspecified atom stereocenters. The van der Waals surface area contributed by atoms with Gasteiger partial charge in [0, 0.05) is 11.8 Å². The van der Waals surface area contributed by atoms with Crippen molar-refractivity contribution >= 4 is 23.2 Å². The molecule has 1 N–H and O–H groups in total. The van der Waals surface area contributed by atoms with Gasteiger partial charge in [0.25, 0.3) is 0 Å². The molecule has 0 fully saturated rings. The summed E-state index contributed by atoms with van der Waals surface area (Å²) in [6.45, 7) is 0. The molecule has 0 heterocycles. The van der Waals surface area contributed by atoms with Crippen LogP contribution in [0.4, 0.5) is 5.69 Å². The molecule has 1 rings (SSSR count). The molecule has 11 heavy (non-hydrogen) atoms. The van der Waals surface area contributed by atoms with Crippen LogP contribution in [0, 0.1) is 12.1 Å². The molecule has 3 heteroatoms. The van der Waals surface area contributed by atoms with Crippen molar-refractivity contribution < 1.29 is 4.79 Å². The maximum atomic E-state index is 10.7. The Balaban J connectivity index is 2.58. The lowest BCUT2D eigenvalue weighted by molar-refractivity contribution is -0.113. The van der Waals surface area contributed by atoms with Crippen molar-refractivity contribution in [3.05, 3.63) is 30.3 Å². The van der Waals surface area contributed by atoms with E-state index in [1.807, 2.05) is 0 Å². The number of carbonyl (C=O) groups excluding carboxylic acids is 1. The van der Waals surface area contributed by atoms with Crippen LogP contribution in [0.5, 0.6) is 0 Å². The number of hydrogen-bond donors (Lipinski definition) is 1. The maximum Gasteiger partial charge on any atom is 0.239 e. The number of amides is 1. The zero-order valence-electron chi connectivity index (χ0n) is 5.73. The van der Waals surface area contributed by atoms with Crippen molar-refractivity contribution in [1.82, 2.24) is 0 Å². The van der Waals surface area contributed by atoms with Gasteiger partial charge in [-0.1, -0.05) is 12.1 Å². The van der Waals surface area contributed by atoms with Crippen LogP contribution < -0.4 is 5.32 Å². The summed E-state index contributed by atoms with van der Waals surface area (Å²) >= 11 is 5.27. The predicted octanol–water partition coefficient (Wildman–Crippen LogP) is 1.46. The van der Waals surface area contributed by atoms with Crippen LogP contribution in [-0.2, 0) is 4.79 Å². The number of alkyl halides is 1. The van der Waals surface area contributed by atoms with Gasteiger partial charge in [0.2, 0.25) is 5.91 Å². The molecule has 1 aromatic rings. The summed E-state index contributed by atoms with van der Waals surface area (Å²) in [6, 6.07) is 10.6. The minimum Gasteiger partial charge on any atom is -0.324 e. The summed E-state index contributed by atoms with van der Waals surface area (Å²) < 4.78 is 0. The van der Waals surface area contributed by atoms with E-state index in [1.165, 1.54) is 0 Å². The Kier molecular flexibility index (Phi) is 2.93. The number of nitrogens with one attached hydrogen (secondary N) is 1. The van der Waals surface area contributed by atoms with E-state index in [-0.39, 0.29) is 11.8 Å². The van der Waals surface area contributed by atoms with Crippen LogP contribution >= 0.6 is 11.6 Å². The van der Waals surface area contributed by atoms with Crippen molar-refractivity contribution in [3.8, 4) is 0 Å². The molecule has 0 bridgehead atoms. The van der Waals surface area contributed by atoms with E-state index >= 15 is 0 Å². The summed E-state index contributed by atoms with van der Waals surface area (Å²) in [5.41, 5.74) is 0.596. The van der Waals surface area contributed by atoms with Gasteiger partial charge in [-0.15, -0.1) is 11.6 Å². The lowest BCUT2D eigenvalue weighted by Gasteiger charge is -1.99. The van der Waals surface area contributed by atoms with Crippen molar-refractivity contribution in [3.63, 3.8) is 0 Å². The highest BCUT2D eigenvalue weighted by Crippen LogP contribution is 2.02. The third kappa shape index (κ3) is 2.60. The highest BCUT2D eigenvalue weighted by Gasteiger charge is 1.97. The smallest absolute Gasteiger partial charge is 0.239 e. The van der Waals surface area contributed by atoms with E-state index in [9.17, 15) is 4.79 Å². The molecular formula is C8H6ClNO. The van der Waals surface area contributed by atoms with Gasteiger partial charge in [-0.2, -0.15) is 0 Å². The van der Waals surface area contributed by atoms with Crippen LogP contribution in [-0.4, -0.2) is 11.8 Å². The first-order valence-electron chi connectivity index (χ1n) is 3.06. The molecule has 0 aliphatic heterocycles. The Bertz CT molecular complexity index is 235. The molecule has 0 aliphatic rings. The van der Waals surface area contributed by atoms with Crippen molar-refractivity contribution in [1.29, 1.82) is 0 Å². The largest absolute Gasteiger partial charge is 0.324 e. The summed E-state index contributed by atoms with van der Waals surface area (Å²) in [5.74, 6) is -0.273. The molecule has 0 saturated carbocycles. The fourth-order valence-corrected chi connectivity index (χ4v) is 0.675. The van der Waals surface area contributed by atoms with Gasteiger partial charge in [-0.05, 0) is 12.1 Å². The van der Waals surface area contributed by atoms with Crippen LogP contribution in [0.15, 0.2) is 18.2 Å². The van der Waals surface area contributed by atoms with E-state index < -0.39 is 0 Å². The number of hydrogen-bond acceptors (Lipinski definition) is 1. The van der Waals surface area contributed by atoms with E-state index in [2.05, 4.69) is 17.4 Å². The third-order valence-corrected chi connectivity index (χ3v) is 1.28. The Morgan fingerprint density at radius 1 is 1.64 bits per heavy atom. The highest BCUT2D eigenvalue weighted by atomic mass is 35.5. The average molecular weight is 168 g/mol. The van der Waals surface area contributed by atoms with Crippen LogP contribution in [0.3, 0.4) is 0 Å². The standard InChI is InChI=1S/C8H6ClNO/c9-6-8(11)10-7-4-2-1-3-5-7/h1-2,5H,6H2,(H,10,11). The normalized spacial score (nSPS) is 9.18. The number of carbonyl (C=O) groups is 1. The number of benzene rings is 1. The zero-order chi connectivity index (χ0) is 8.10. The van der Waals surface area contributed by atoms with Gasteiger partial charge in [-0.3, -0.25) is 4.79 Å². The van der Waals surface area contributed by atoms with Gasteiger partial charge in [0.15, 0.2) is 0 Å². The van der Waals surface area contributed by atoms with E-state index in [0.29, 0.717) is 5.69 Å².